The van der Waals surface area contributed by atoms with Gasteiger partial charge in [-0.2, -0.15) is 0 Å². The Bertz CT molecular complexity index is 1270. The minimum Gasteiger partial charge on any atom is -0.350 e. The SMILES string of the molecule is [C-]#[N+]c1cnc(N[C@@H]2C[C@@H](F)CN(c3nc4c(Br)c(NC(=O)C=C)c(C)cc4n3C)C2)nc1. The summed E-state index contributed by atoms with van der Waals surface area (Å²) < 4.78 is 17.3. The van der Waals surface area contributed by atoms with E-state index in [1.54, 1.807) is 0 Å². The van der Waals surface area contributed by atoms with Gasteiger partial charge in [-0.25, -0.2) is 24.2 Å². The highest BCUT2D eigenvalue weighted by Gasteiger charge is 2.31. The largest absolute Gasteiger partial charge is 0.350 e. The Hall–Kier alpha value is -3.52. The Balaban J connectivity index is 1.63. The molecular weight excluding hydrogens is 491 g/mol. The monoisotopic (exact) mass is 512 g/mol. The van der Waals surface area contributed by atoms with Crippen LogP contribution in [0.2, 0.25) is 0 Å². The van der Waals surface area contributed by atoms with E-state index >= 15 is 0 Å². The number of aromatic nitrogens is 4. The molecule has 0 unspecified atom stereocenters. The number of benzene rings is 1. The summed E-state index contributed by atoms with van der Waals surface area (Å²) in [6, 6.07) is 1.70. The van der Waals surface area contributed by atoms with E-state index in [1.807, 2.05) is 29.5 Å². The minimum absolute atomic E-state index is 0.212. The van der Waals surface area contributed by atoms with Crippen LogP contribution in [0.5, 0.6) is 0 Å². The van der Waals surface area contributed by atoms with E-state index in [9.17, 15) is 9.18 Å². The number of fused-ring (bicyclic) bond motifs is 1. The highest BCUT2D eigenvalue weighted by molar-refractivity contribution is 9.10. The highest BCUT2D eigenvalue weighted by Crippen LogP contribution is 2.36. The maximum absolute atomic E-state index is 14.7. The number of nitrogens with one attached hydrogen (secondary N) is 2. The maximum Gasteiger partial charge on any atom is 0.247 e. The van der Waals surface area contributed by atoms with E-state index in [-0.39, 0.29) is 18.5 Å². The lowest BCUT2D eigenvalue weighted by atomic mass is 10.0. The van der Waals surface area contributed by atoms with E-state index in [0.717, 1.165) is 11.1 Å². The van der Waals surface area contributed by atoms with Gasteiger partial charge in [0.1, 0.15) is 11.7 Å². The summed E-state index contributed by atoms with van der Waals surface area (Å²) in [5.74, 6) is 0.661. The maximum atomic E-state index is 14.7. The van der Waals surface area contributed by atoms with Crippen LogP contribution in [-0.4, -0.2) is 50.7 Å². The molecule has 0 aliphatic carbocycles. The number of nitrogens with zero attached hydrogens (tertiary/aromatic N) is 6. The van der Waals surface area contributed by atoms with E-state index in [4.69, 9.17) is 11.6 Å². The first-order valence-corrected chi connectivity index (χ1v) is 11.0. The van der Waals surface area contributed by atoms with Gasteiger partial charge >= 0.3 is 0 Å². The molecule has 1 aliphatic heterocycles. The smallest absolute Gasteiger partial charge is 0.247 e. The third-order valence-corrected chi connectivity index (χ3v) is 6.28. The molecule has 2 atom stereocenters. The average Bonchev–Trinajstić information content (AvgIpc) is 3.13. The molecule has 0 spiro atoms. The Morgan fingerprint density at radius 3 is 2.79 bits per heavy atom. The highest BCUT2D eigenvalue weighted by atomic mass is 79.9. The van der Waals surface area contributed by atoms with Crippen molar-refractivity contribution in [1.82, 2.24) is 19.5 Å². The van der Waals surface area contributed by atoms with Crippen molar-refractivity contribution in [1.29, 1.82) is 0 Å². The van der Waals surface area contributed by atoms with Crippen molar-refractivity contribution in [2.45, 2.75) is 25.6 Å². The van der Waals surface area contributed by atoms with Crippen LogP contribution in [0, 0.1) is 13.5 Å². The van der Waals surface area contributed by atoms with Gasteiger partial charge in [-0.3, -0.25) is 4.79 Å². The fourth-order valence-electron chi connectivity index (χ4n) is 3.95. The Morgan fingerprint density at radius 1 is 1.39 bits per heavy atom. The van der Waals surface area contributed by atoms with Gasteiger partial charge in [-0.05, 0) is 40.6 Å². The number of imidazole rings is 1. The molecule has 4 rings (SSSR count). The first-order chi connectivity index (χ1) is 15.8. The van der Waals surface area contributed by atoms with Crippen LogP contribution in [-0.2, 0) is 11.8 Å². The molecule has 1 aliphatic rings. The van der Waals surface area contributed by atoms with Gasteiger partial charge < -0.3 is 20.1 Å². The molecule has 2 aromatic heterocycles. The predicted octanol–water partition coefficient (Wildman–Crippen LogP) is 4.14. The van der Waals surface area contributed by atoms with Crippen molar-refractivity contribution < 1.29 is 9.18 Å². The zero-order valence-corrected chi connectivity index (χ0v) is 19.7. The summed E-state index contributed by atoms with van der Waals surface area (Å²) >= 11 is 3.57. The fraction of sp³-hybridized carbons (Fsp3) is 0.318. The molecule has 0 saturated carbocycles. The minimum atomic E-state index is -1.06. The van der Waals surface area contributed by atoms with E-state index in [1.165, 1.54) is 18.5 Å². The number of hydrogen-bond acceptors (Lipinski definition) is 6. The molecule has 170 valence electrons. The number of hydrogen-bond donors (Lipinski definition) is 2. The Morgan fingerprint density at radius 2 is 2.12 bits per heavy atom. The number of carbonyl (C=O) groups excluding carboxylic acids is 1. The lowest BCUT2D eigenvalue weighted by Crippen LogP contribution is -2.48. The van der Waals surface area contributed by atoms with Crippen LogP contribution >= 0.6 is 15.9 Å². The van der Waals surface area contributed by atoms with Crippen molar-refractivity contribution in [3.63, 3.8) is 0 Å². The van der Waals surface area contributed by atoms with Crippen LogP contribution in [0.15, 0.2) is 35.6 Å². The van der Waals surface area contributed by atoms with E-state index in [2.05, 4.69) is 48.0 Å². The number of piperidine rings is 1. The molecule has 1 fully saturated rings. The molecule has 11 heteroatoms. The first-order valence-electron chi connectivity index (χ1n) is 10.2. The summed E-state index contributed by atoms with van der Waals surface area (Å²) in [6.07, 6.45) is 3.33. The van der Waals surface area contributed by atoms with Crippen LogP contribution < -0.4 is 15.5 Å². The summed E-state index contributed by atoms with van der Waals surface area (Å²) in [5.41, 5.74) is 3.35. The number of amides is 1. The van der Waals surface area contributed by atoms with Crippen LogP contribution in [0.25, 0.3) is 15.9 Å². The number of aryl methyl sites for hydroxylation is 2. The predicted molar refractivity (Wildman–Crippen MR) is 129 cm³/mol. The number of halogens is 2. The number of rotatable bonds is 5. The number of anilines is 3. The summed E-state index contributed by atoms with van der Waals surface area (Å²) in [6.45, 7) is 13.1. The average molecular weight is 513 g/mol. The molecule has 1 saturated heterocycles. The second-order valence-corrected chi connectivity index (χ2v) is 8.66. The second-order valence-electron chi connectivity index (χ2n) is 7.87. The quantitative estimate of drug-likeness (QED) is 0.394. The molecule has 3 heterocycles. The molecule has 0 bridgehead atoms. The zero-order chi connectivity index (χ0) is 23.7. The first kappa shape index (κ1) is 22.7. The number of alkyl halides is 1. The standard InChI is InChI=1S/C22H22BrFN8O/c1-5-17(33)29-19-12(2)6-16-20(18(19)23)30-22(31(16)4)32-10-13(24)7-14(11-32)28-21-26-8-15(25-3)9-27-21/h5-6,8-9,13-14H,1,7,10-11H2,2,4H3,(H,29,33)(H,26,27,28)/t13-,14-/m1/s1. The summed E-state index contributed by atoms with van der Waals surface area (Å²) in [4.78, 5) is 30.1. The van der Waals surface area contributed by atoms with Crippen molar-refractivity contribution in [2.75, 3.05) is 28.6 Å². The lowest BCUT2D eigenvalue weighted by molar-refractivity contribution is -0.111. The van der Waals surface area contributed by atoms with Gasteiger partial charge in [0.05, 0.1) is 28.8 Å². The van der Waals surface area contributed by atoms with Gasteiger partial charge in [0.15, 0.2) is 0 Å². The summed E-state index contributed by atoms with van der Waals surface area (Å²) in [5, 5.41) is 5.97. The molecular formula is C22H22BrFN8O. The molecule has 33 heavy (non-hydrogen) atoms. The van der Waals surface area contributed by atoms with Crippen LogP contribution in [0.1, 0.15) is 12.0 Å². The van der Waals surface area contributed by atoms with Gasteiger partial charge in [-0.1, -0.05) is 6.58 Å². The molecule has 3 aromatic rings. The normalized spacial score (nSPS) is 18.1. The molecule has 0 radical (unpaired) electrons. The van der Waals surface area contributed by atoms with E-state index < -0.39 is 6.17 Å². The zero-order valence-electron chi connectivity index (χ0n) is 18.1. The van der Waals surface area contributed by atoms with Crippen LogP contribution in [0.3, 0.4) is 0 Å². The van der Waals surface area contributed by atoms with Crippen molar-refractivity contribution in [3.8, 4) is 0 Å². The van der Waals surface area contributed by atoms with Gasteiger partial charge in [0, 0.05) is 38.4 Å². The summed E-state index contributed by atoms with van der Waals surface area (Å²) in [7, 11) is 1.88. The third kappa shape index (κ3) is 4.52. The molecule has 1 aromatic carbocycles. The molecule has 1 amide bonds. The second kappa shape index (κ2) is 9.15. The van der Waals surface area contributed by atoms with Crippen molar-refractivity contribution in [2.24, 2.45) is 7.05 Å². The van der Waals surface area contributed by atoms with E-state index in [0.29, 0.717) is 46.2 Å². The van der Waals surface area contributed by atoms with Gasteiger partial charge in [0.25, 0.3) is 0 Å². The lowest BCUT2D eigenvalue weighted by Gasteiger charge is -2.35. The number of carbonyl (C=O) groups is 1. The fourth-order valence-corrected chi connectivity index (χ4v) is 4.65. The third-order valence-electron chi connectivity index (χ3n) is 5.51. The molecule has 2 N–H and O–H groups in total. The van der Waals surface area contributed by atoms with Gasteiger partial charge in [-0.15, -0.1) is 0 Å². The Kier molecular flexibility index (Phi) is 6.29. The van der Waals surface area contributed by atoms with Gasteiger partial charge in [0.2, 0.25) is 23.5 Å². The topological polar surface area (TPSA) is 92.3 Å². The Labute approximate surface area is 198 Å². The molecule has 9 nitrogen and oxygen atoms in total. The van der Waals surface area contributed by atoms with Crippen molar-refractivity contribution >= 4 is 56.1 Å². The van der Waals surface area contributed by atoms with Crippen molar-refractivity contribution in [3.05, 3.63) is 52.6 Å². The van der Waals surface area contributed by atoms with Crippen LogP contribution in [0.4, 0.5) is 27.7 Å².